The minimum absolute atomic E-state index is 0.0423. The number of rotatable bonds is 21. The Morgan fingerprint density at radius 1 is 0.740 bits per heavy atom. The Morgan fingerprint density at radius 3 is 2.08 bits per heavy atom. The van der Waals surface area contributed by atoms with Crippen molar-refractivity contribution in [2.45, 2.75) is 82.4 Å². The summed E-state index contributed by atoms with van der Waals surface area (Å²) in [6.07, 6.45) is 7.44. The van der Waals surface area contributed by atoms with Crippen LogP contribution in [0.25, 0.3) is 0 Å². The van der Waals surface area contributed by atoms with Crippen LogP contribution < -0.4 is 44.7 Å². The number of benzene rings is 5. The topological polar surface area (TPSA) is 198 Å². The molecule has 3 N–H and O–H groups in total. The van der Waals surface area contributed by atoms with Crippen molar-refractivity contribution in [2.75, 3.05) is 60.0 Å². The van der Waals surface area contributed by atoms with Crippen LogP contribution >= 0.6 is 21.6 Å². The molecule has 19 heteroatoms. The average Bonchev–Trinajstić information content (AvgIpc) is 4.16. The predicted octanol–water partition coefficient (Wildman–Crippen LogP) is 8.85. The maximum absolute atomic E-state index is 14.1. The van der Waals surface area contributed by atoms with E-state index in [2.05, 4.69) is 35.9 Å². The fraction of sp³-hybridized carbons (Fsp3) is 0.328. The van der Waals surface area contributed by atoms with Crippen molar-refractivity contribution in [2.24, 2.45) is 4.99 Å². The molecule has 2 atom stereocenters. The van der Waals surface area contributed by atoms with Crippen molar-refractivity contribution in [1.29, 1.82) is 0 Å². The SMILES string of the molecule is COc1cc2c(cc1OCc1cc(COc3cc4c(cc3OC)C(=O)N3c5ccccc5C[C@H]3CN4)cc(NC(=O)CCC(C)(C)SSCCCC(=O)NCCN3C(=O)C=CC3=O)c1)N=C[C@@H]1Cc3ccccc3N1C2=O. The van der Waals surface area contributed by atoms with E-state index in [9.17, 15) is 28.8 Å². The van der Waals surface area contributed by atoms with E-state index < -0.39 is 0 Å². The Kier molecular flexibility index (Phi) is 15.6. The van der Waals surface area contributed by atoms with Gasteiger partial charge in [0.1, 0.15) is 13.2 Å². The van der Waals surface area contributed by atoms with Crippen molar-refractivity contribution in [3.63, 3.8) is 0 Å². The smallest absolute Gasteiger partial charge is 0.261 e. The molecule has 17 nitrogen and oxygen atoms in total. The van der Waals surface area contributed by atoms with E-state index in [-0.39, 0.29) is 85.0 Å². The summed E-state index contributed by atoms with van der Waals surface area (Å²) in [6, 6.07) is 28.2. The third kappa shape index (κ3) is 11.7. The summed E-state index contributed by atoms with van der Waals surface area (Å²) in [7, 11) is 6.37. The third-order valence-electron chi connectivity index (χ3n) is 14.0. The number of anilines is 4. The molecule has 0 bridgehead atoms. The lowest BCUT2D eigenvalue weighted by Crippen LogP contribution is -2.39. The number of para-hydroxylation sites is 2. The number of fused-ring (bicyclic) bond motifs is 8. The second kappa shape index (κ2) is 22.8. The number of hydrogen-bond donors (Lipinski definition) is 3. The lowest BCUT2D eigenvalue weighted by molar-refractivity contribution is -0.137. The summed E-state index contributed by atoms with van der Waals surface area (Å²) in [4.78, 5) is 87.4. The molecule has 0 saturated heterocycles. The highest BCUT2D eigenvalue weighted by Gasteiger charge is 2.39. The second-order valence-corrected chi connectivity index (χ2v) is 23.0. The number of aliphatic imine (C=N–C) groups is 1. The second-order valence-electron chi connectivity index (χ2n) is 19.9. The lowest BCUT2D eigenvalue weighted by atomic mass is 10.1. The zero-order valence-electron chi connectivity index (χ0n) is 43.2. The Balaban J connectivity index is 0.810. The van der Waals surface area contributed by atoms with Gasteiger partial charge in [-0.2, -0.15) is 0 Å². The number of imide groups is 1. The van der Waals surface area contributed by atoms with Gasteiger partial charge in [-0.05, 0) is 97.8 Å². The van der Waals surface area contributed by atoms with E-state index in [0.717, 1.165) is 45.1 Å². The van der Waals surface area contributed by atoms with Crippen molar-refractivity contribution >= 4 is 91.7 Å². The van der Waals surface area contributed by atoms with Gasteiger partial charge in [0.2, 0.25) is 11.8 Å². The van der Waals surface area contributed by atoms with Crippen LogP contribution in [0.1, 0.15) is 82.5 Å². The van der Waals surface area contributed by atoms with Crippen LogP contribution in [0.4, 0.5) is 28.4 Å². The van der Waals surface area contributed by atoms with Crippen LogP contribution in [0, 0.1) is 0 Å². The number of amides is 6. The normalized spacial score (nSPS) is 16.9. The van der Waals surface area contributed by atoms with Crippen LogP contribution in [0.5, 0.6) is 23.0 Å². The van der Waals surface area contributed by atoms with Crippen LogP contribution in [0.2, 0.25) is 0 Å². The number of carbonyl (C=O) groups is 6. The first-order valence-corrected chi connectivity index (χ1v) is 27.9. The highest BCUT2D eigenvalue weighted by atomic mass is 33.1. The highest BCUT2D eigenvalue weighted by Crippen LogP contribution is 2.44. The first kappa shape index (κ1) is 52.7. The molecule has 10 rings (SSSR count). The number of nitrogens with one attached hydrogen (secondary N) is 3. The standard InChI is InChI=1S/C58H59N7O10S2/c1-58(2,77-76-21-9-14-52(66)59-19-20-63-54(68)15-16-55(63)69)18-17-53(67)62-39-23-35(33-74-50-29-44-42(27-48(50)72-3)56(70)64-40(31-60-44)25-37-10-5-7-12-46(37)64)22-36(24-39)34-75-51-30-45-43(28-49(51)73-4)57(71)65-41(32-61-45)26-38-11-6-8-13-47(38)65/h5-8,10-13,15-16,22-24,27-31,40-41,61H,9,14,17-21,25-26,32-34H2,1-4H3,(H,59,66)(H,62,67)/t40-,41-/m0/s1. The molecule has 0 aromatic heterocycles. The zero-order valence-corrected chi connectivity index (χ0v) is 44.9. The van der Waals surface area contributed by atoms with E-state index in [1.54, 1.807) is 50.8 Å². The molecule has 0 aliphatic carbocycles. The van der Waals surface area contributed by atoms with Crippen molar-refractivity contribution in [3.05, 3.63) is 137 Å². The molecular weight excluding hydrogens is 1020 g/mol. The Bertz CT molecular complexity index is 3220. The molecule has 5 aromatic carbocycles. The minimum Gasteiger partial charge on any atom is -0.493 e. The molecule has 77 heavy (non-hydrogen) atoms. The van der Waals surface area contributed by atoms with E-state index in [0.29, 0.717) is 89.0 Å². The molecular formula is C58H59N7O10S2. The van der Waals surface area contributed by atoms with E-state index in [4.69, 9.17) is 23.9 Å². The molecule has 5 heterocycles. The van der Waals surface area contributed by atoms with Gasteiger partial charge in [-0.25, -0.2) is 0 Å². The first-order valence-electron chi connectivity index (χ1n) is 25.6. The molecule has 0 spiro atoms. The predicted molar refractivity (Wildman–Crippen MR) is 299 cm³/mol. The molecule has 0 unspecified atom stereocenters. The van der Waals surface area contributed by atoms with E-state index in [1.807, 2.05) is 71.8 Å². The molecule has 5 aliphatic rings. The Hall–Kier alpha value is -7.77. The van der Waals surface area contributed by atoms with Gasteiger partial charge in [-0.15, -0.1) is 0 Å². The van der Waals surface area contributed by atoms with Crippen LogP contribution in [-0.2, 0) is 45.2 Å². The van der Waals surface area contributed by atoms with Crippen LogP contribution in [0.15, 0.2) is 108 Å². The summed E-state index contributed by atoms with van der Waals surface area (Å²) in [5.41, 5.74) is 7.97. The van der Waals surface area contributed by atoms with Crippen molar-refractivity contribution < 1.29 is 47.7 Å². The van der Waals surface area contributed by atoms with Gasteiger partial charge >= 0.3 is 0 Å². The van der Waals surface area contributed by atoms with Crippen molar-refractivity contribution in [3.8, 4) is 23.0 Å². The zero-order chi connectivity index (χ0) is 53.8. The molecule has 0 fully saturated rings. The quantitative estimate of drug-likeness (QED) is 0.0358. The van der Waals surface area contributed by atoms with Gasteiger partial charge in [0.25, 0.3) is 23.6 Å². The minimum atomic E-state index is -0.376. The van der Waals surface area contributed by atoms with Gasteiger partial charge in [-0.3, -0.25) is 43.6 Å². The number of carbonyl (C=O) groups excluding carboxylic acids is 6. The van der Waals surface area contributed by atoms with E-state index >= 15 is 0 Å². The number of methoxy groups -OCH3 is 2. The van der Waals surface area contributed by atoms with Gasteiger partial charge < -0.3 is 39.8 Å². The summed E-state index contributed by atoms with van der Waals surface area (Å²) >= 11 is 0. The Morgan fingerprint density at radius 2 is 1.38 bits per heavy atom. The lowest BCUT2D eigenvalue weighted by Gasteiger charge is -2.23. The van der Waals surface area contributed by atoms with Gasteiger partial charge in [0.15, 0.2) is 23.0 Å². The monoisotopic (exact) mass is 1080 g/mol. The number of nitrogens with zero attached hydrogens (tertiary/aromatic N) is 4. The van der Waals surface area contributed by atoms with E-state index in [1.165, 1.54) is 26.4 Å². The molecule has 5 aromatic rings. The van der Waals surface area contributed by atoms with Gasteiger partial charge in [-0.1, -0.05) is 58.0 Å². The number of hydrogen-bond acceptors (Lipinski definition) is 14. The van der Waals surface area contributed by atoms with Gasteiger partial charge in [0, 0.05) is 97.0 Å². The maximum Gasteiger partial charge on any atom is 0.261 e. The summed E-state index contributed by atoms with van der Waals surface area (Å²) in [5, 5.41) is 9.37. The van der Waals surface area contributed by atoms with Crippen LogP contribution in [0.3, 0.4) is 0 Å². The molecule has 398 valence electrons. The molecule has 0 saturated carbocycles. The van der Waals surface area contributed by atoms with Crippen LogP contribution in [-0.4, -0.2) is 103 Å². The first-order chi connectivity index (χ1) is 37.2. The third-order valence-corrected chi connectivity index (χ3v) is 17.5. The number of ether oxygens (including phenoxy) is 4. The maximum atomic E-state index is 14.1. The summed E-state index contributed by atoms with van der Waals surface area (Å²) < 4.78 is 24.3. The molecule has 6 amide bonds. The van der Waals surface area contributed by atoms with Crippen molar-refractivity contribution in [1.82, 2.24) is 10.2 Å². The fourth-order valence-corrected chi connectivity index (χ4v) is 12.8. The average molecular weight is 1080 g/mol. The summed E-state index contributed by atoms with van der Waals surface area (Å²) in [6.45, 7) is 5.18. The summed E-state index contributed by atoms with van der Waals surface area (Å²) in [5.74, 6) is 0.927. The molecule has 5 aliphatic heterocycles. The highest BCUT2D eigenvalue weighted by molar-refractivity contribution is 8.77. The molecule has 0 radical (unpaired) electrons. The largest absolute Gasteiger partial charge is 0.493 e. The fourth-order valence-electron chi connectivity index (χ4n) is 10.1. The Labute approximate surface area is 454 Å². The van der Waals surface area contributed by atoms with Gasteiger partial charge in [0.05, 0.1) is 48.8 Å².